The van der Waals surface area contributed by atoms with Gasteiger partial charge in [-0.15, -0.1) is 11.6 Å². The highest BCUT2D eigenvalue weighted by Crippen LogP contribution is 2.31. The van der Waals surface area contributed by atoms with Crippen LogP contribution in [0.25, 0.3) is 0 Å². The average Bonchev–Trinajstić information content (AvgIpc) is 2.89. The van der Waals surface area contributed by atoms with Crippen LogP contribution < -0.4 is 5.32 Å². The number of Topliss-reactive ketones (excluding diaryl/α,β-unsaturated/α-hetero) is 1. The van der Waals surface area contributed by atoms with Crippen LogP contribution in [0.2, 0.25) is 0 Å². The number of benzene rings is 1. The second-order valence-corrected chi connectivity index (χ2v) is 7.52. The van der Waals surface area contributed by atoms with Crippen molar-refractivity contribution in [3.8, 4) is 0 Å². The lowest BCUT2D eigenvalue weighted by Gasteiger charge is -2.09. The predicted molar refractivity (Wildman–Crippen MR) is 105 cm³/mol. The average molecular weight is 364 g/mol. The third-order valence-corrected chi connectivity index (χ3v) is 5.24. The first kappa shape index (κ1) is 20.0. The standard InChI is InChI=1S/C21H30ClNO2/c1-2-3-4-5-6-7-8-9-10-14-20(24)23-19-13-11-12-16-17(19)15-18(22)21(16)25/h11-13,18H,2-10,14-15H2,1H3,(H,23,24). The molecule has 138 valence electrons. The molecular formula is C21H30ClNO2. The van der Waals surface area contributed by atoms with Crippen LogP contribution in [0.15, 0.2) is 18.2 Å². The monoisotopic (exact) mass is 363 g/mol. The van der Waals surface area contributed by atoms with Crippen molar-refractivity contribution in [2.75, 3.05) is 5.32 Å². The summed E-state index contributed by atoms with van der Waals surface area (Å²) in [4.78, 5) is 24.1. The summed E-state index contributed by atoms with van der Waals surface area (Å²) in [5.74, 6) is -0.00600. The van der Waals surface area contributed by atoms with Crippen molar-refractivity contribution < 1.29 is 9.59 Å². The van der Waals surface area contributed by atoms with E-state index in [2.05, 4.69) is 12.2 Å². The summed E-state index contributed by atoms with van der Waals surface area (Å²) in [6.07, 6.45) is 12.2. The summed E-state index contributed by atoms with van der Waals surface area (Å²) < 4.78 is 0. The zero-order valence-corrected chi connectivity index (χ0v) is 16.0. The highest BCUT2D eigenvalue weighted by atomic mass is 35.5. The van der Waals surface area contributed by atoms with Crippen molar-refractivity contribution in [1.82, 2.24) is 0 Å². The van der Waals surface area contributed by atoms with Gasteiger partial charge in [0.05, 0.1) is 0 Å². The van der Waals surface area contributed by atoms with E-state index in [9.17, 15) is 9.59 Å². The van der Waals surface area contributed by atoms with Gasteiger partial charge in [0, 0.05) is 17.7 Å². The number of fused-ring (bicyclic) bond motifs is 1. The Labute approximate surface area is 156 Å². The van der Waals surface area contributed by atoms with Gasteiger partial charge in [-0.3, -0.25) is 9.59 Å². The minimum absolute atomic E-state index is 0.0295. The summed E-state index contributed by atoms with van der Waals surface area (Å²) in [7, 11) is 0. The van der Waals surface area contributed by atoms with Gasteiger partial charge < -0.3 is 5.32 Å². The predicted octanol–water partition coefficient (Wildman–Crippen LogP) is 5.89. The molecule has 1 aliphatic carbocycles. The quantitative estimate of drug-likeness (QED) is 0.393. The van der Waals surface area contributed by atoms with Crippen molar-refractivity contribution in [2.24, 2.45) is 0 Å². The van der Waals surface area contributed by atoms with E-state index in [1.54, 1.807) is 12.1 Å². The number of alkyl halides is 1. The van der Waals surface area contributed by atoms with E-state index >= 15 is 0 Å². The number of hydrogen-bond donors (Lipinski definition) is 1. The van der Waals surface area contributed by atoms with E-state index in [0.717, 1.165) is 24.1 Å². The Kier molecular flexibility index (Phi) is 8.47. The normalized spacial score (nSPS) is 16.1. The van der Waals surface area contributed by atoms with Crippen LogP contribution in [0.4, 0.5) is 5.69 Å². The molecule has 1 N–H and O–H groups in total. The SMILES string of the molecule is CCCCCCCCCCCC(=O)Nc1cccc2c1CC(Cl)C2=O. The third-order valence-electron chi connectivity index (χ3n) is 4.89. The Morgan fingerprint density at radius 2 is 1.72 bits per heavy atom. The number of anilines is 1. The Bertz CT molecular complexity index is 585. The van der Waals surface area contributed by atoms with Crippen molar-refractivity contribution in [1.29, 1.82) is 0 Å². The number of unbranched alkanes of at least 4 members (excludes halogenated alkanes) is 8. The largest absolute Gasteiger partial charge is 0.326 e. The fourth-order valence-corrected chi connectivity index (χ4v) is 3.68. The van der Waals surface area contributed by atoms with Crippen molar-refractivity contribution >= 4 is 29.0 Å². The molecule has 2 rings (SSSR count). The van der Waals surface area contributed by atoms with E-state index in [-0.39, 0.29) is 11.7 Å². The smallest absolute Gasteiger partial charge is 0.224 e. The number of halogens is 1. The first-order valence-corrected chi connectivity index (χ1v) is 10.2. The first-order chi connectivity index (χ1) is 12.1. The van der Waals surface area contributed by atoms with Gasteiger partial charge in [-0.2, -0.15) is 0 Å². The molecule has 0 aromatic heterocycles. The van der Waals surface area contributed by atoms with E-state index in [1.807, 2.05) is 6.07 Å². The number of rotatable bonds is 11. The van der Waals surface area contributed by atoms with Gasteiger partial charge in [0.1, 0.15) is 5.38 Å². The van der Waals surface area contributed by atoms with Gasteiger partial charge in [0.25, 0.3) is 0 Å². The molecule has 0 saturated carbocycles. The maximum Gasteiger partial charge on any atom is 0.224 e. The van der Waals surface area contributed by atoms with Gasteiger partial charge in [0.15, 0.2) is 5.78 Å². The third kappa shape index (κ3) is 6.14. The van der Waals surface area contributed by atoms with Gasteiger partial charge in [-0.25, -0.2) is 0 Å². The molecule has 0 aliphatic heterocycles. The van der Waals surface area contributed by atoms with Gasteiger partial charge >= 0.3 is 0 Å². The highest BCUT2D eigenvalue weighted by molar-refractivity contribution is 6.35. The van der Waals surface area contributed by atoms with Crippen LogP contribution in [0.5, 0.6) is 0 Å². The molecular weight excluding hydrogens is 334 g/mol. The molecule has 1 unspecified atom stereocenters. The second kappa shape index (κ2) is 10.6. The minimum Gasteiger partial charge on any atom is -0.326 e. The number of carbonyl (C=O) groups excluding carboxylic acids is 2. The molecule has 0 radical (unpaired) electrons. The van der Waals surface area contributed by atoms with Crippen LogP contribution in [-0.2, 0) is 11.2 Å². The molecule has 4 heteroatoms. The summed E-state index contributed by atoms with van der Waals surface area (Å²) in [6.45, 7) is 2.24. The van der Waals surface area contributed by atoms with Crippen LogP contribution in [0.1, 0.15) is 87.1 Å². The molecule has 1 aliphatic rings. The number of amides is 1. The Balaban J connectivity index is 1.65. The van der Waals surface area contributed by atoms with Crippen LogP contribution in [-0.4, -0.2) is 17.1 Å². The maximum atomic E-state index is 12.2. The number of carbonyl (C=O) groups is 2. The highest BCUT2D eigenvalue weighted by Gasteiger charge is 2.30. The number of nitrogens with one attached hydrogen (secondary N) is 1. The zero-order valence-electron chi connectivity index (χ0n) is 15.3. The molecule has 0 saturated heterocycles. The van der Waals surface area contributed by atoms with E-state index in [1.165, 1.54) is 44.9 Å². The summed E-state index contributed by atoms with van der Waals surface area (Å²) in [6, 6.07) is 5.45. The summed E-state index contributed by atoms with van der Waals surface area (Å²) in [5, 5.41) is 2.46. The molecule has 0 heterocycles. The zero-order chi connectivity index (χ0) is 18.1. The minimum atomic E-state index is -0.495. The number of ketones is 1. The lowest BCUT2D eigenvalue weighted by Crippen LogP contribution is -2.12. The van der Waals surface area contributed by atoms with Gasteiger partial charge in [0.2, 0.25) is 5.91 Å². The molecule has 1 amide bonds. The van der Waals surface area contributed by atoms with Crippen molar-refractivity contribution in [3.05, 3.63) is 29.3 Å². The van der Waals surface area contributed by atoms with Gasteiger partial charge in [-0.05, 0) is 24.5 Å². The lowest BCUT2D eigenvalue weighted by atomic mass is 10.1. The fourth-order valence-electron chi connectivity index (χ4n) is 3.40. The maximum absolute atomic E-state index is 12.2. The molecule has 0 bridgehead atoms. The molecule has 25 heavy (non-hydrogen) atoms. The van der Waals surface area contributed by atoms with Crippen LogP contribution in [0, 0.1) is 0 Å². The molecule has 0 spiro atoms. The molecule has 0 fully saturated rings. The van der Waals surface area contributed by atoms with E-state index in [4.69, 9.17) is 11.6 Å². The Morgan fingerprint density at radius 3 is 2.40 bits per heavy atom. The molecule has 1 aromatic rings. The second-order valence-electron chi connectivity index (χ2n) is 6.99. The Morgan fingerprint density at radius 1 is 1.08 bits per heavy atom. The van der Waals surface area contributed by atoms with Crippen molar-refractivity contribution in [3.63, 3.8) is 0 Å². The van der Waals surface area contributed by atoms with Crippen molar-refractivity contribution in [2.45, 2.75) is 82.9 Å². The topological polar surface area (TPSA) is 46.2 Å². The lowest BCUT2D eigenvalue weighted by molar-refractivity contribution is -0.116. The summed E-state index contributed by atoms with van der Waals surface area (Å²) >= 11 is 6.05. The molecule has 1 aromatic carbocycles. The fraction of sp³-hybridized carbons (Fsp3) is 0.619. The molecule has 3 nitrogen and oxygen atoms in total. The van der Waals surface area contributed by atoms with E-state index in [0.29, 0.717) is 18.4 Å². The van der Waals surface area contributed by atoms with Gasteiger partial charge in [-0.1, -0.05) is 70.4 Å². The Hall–Kier alpha value is -1.35. The first-order valence-electron chi connectivity index (χ1n) is 9.73. The van der Waals surface area contributed by atoms with Crippen LogP contribution in [0.3, 0.4) is 0 Å². The van der Waals surface area contributed by atoms with E-state index < -0.39 is 5.38 Å². The van der Waals surface area contributed by atoms with Crippen LogP contribution >= 0.6 is 11.6 Å². The molecule has 1 atom stereocenters. The number of hydrogen-bond acceptors (Lipinski definition) is 2. The summed E-state index contributed by atoms with van der Waals surface area (Å²) in [5.41, 5.74) is 2.28.